The lowest BCUT2D eigenvalue weighted by molar-refractivity contribution is 0.0702. The van der Waals surface area contributed by atoms with E-state index in [1.807, 2.05) is 7.05 Å². The predicted molar refractivity (Wildman–Crippen MR) is 60.1 cm³/mol. The SMILES string of the molecule is CN1CC2(CC2)Nc2cc(C(=O)O)sc21. The highest BCUT2D eigenvalue weighted by Crippen LogP contribution is 2.49. The molecule has 0 atom stereocenters. The molecule has 4 nitrogen and oxygen atoms in total. The van der Waals surface area contributed by atoms with Gasteiger partial charge < -0.3 is 15.3 Å². The molecule has 1 spiro atoms. The van der Waals surface area contributed by atoms with Crippen LogP contribution in [-0.4, -0.2) is 30.2 Å². The molecule has 0 radical (unpaired) electrons. The molecule has 0 bridgehead atoms. The summed E-state index contributed by atoms with van der Waals surface area (Å²) < 4.78 is 0. The second-order valence-electron chi connectivity index (χ2n) is 4.40. The Balaban J connectivity index is 2.02. The Hall–Kier alpha value is -1.23. The number of aromatic carboxylic acids is 1. The van der Waals surface area contributed by atoms with Crippen molar-refractivity contribution in [2.24, 2.45) is 0 Å². The maximum atomic E-state index is 10.9. The maximum Gasteiger partial charge on any atom is 0.346 e. The monoisotopic (exact) mass is 224 g/mol. The van der Waals surface area contributed by atoms with Gasteiger partial charge in [-0.25, -0.2) is 4.79 Å². The lowest BCUT2D eigenvalue weighted by Gasteiger charge is -2.32. The number of fused-ring (bicyclic) bond motifs is 1. The smallest absolute Gasteiger partial charge is 0.346 e. The van der Waals surface area contributed by atoms with Crippen LogP contribution in [0.2, 0.25) is 0 Å². The van der Waals surface area contributed by atoms with Crippen LogP contribution in [0.4, 0.5) is 10.7 Å². The minimum atomic E-state index is -0.838. The van der Waals surface area contributed by atoms with Crippen LogP contribution in [0.15, 0.2) is 6.07 Å². The fourth-order valence-electron chi connectivity index (χ4n) is 2.14. The first-order valence-corrected chi connectivity index (χ1v) is 5.78. The van der Waals surface area contributed by atoms with Crippen LogP contribution < -0.4 is 10.2 Å². The van der Waals surface area contributed by atoms with Gasteiger partial charge in [0.1, 0.15) is 9.88 Å². The van der Waals surface area contributed by atoms with Crippen molar-refractivity contribution in [3.63, 3.8) is 0 Å². The summed E-state index contributed by atoms with van der Waals surface area (Å²) >= 11 is 1.34. The number of carbonyl (C=O) groups is 1. The zero-order chi connectivity index (χ0) is 10.6. The Morgan fingerprint density at radius 1 is 1.67 bits per heavy atom. The minimum absolute atomic E-state index is 0.235. The number of thiophene rings is 1. The summed E-state index contributed by atoms with van der Waals surface area (Å²) in [5.41, 5.74) is 1.22. The summed E-state index contributed by atoms with van der Waals surface area (Å²) in [5.74, 6) is -0.838. The molecule has 80 valence electrons. The van der Waals surface area contributed by atoms with Crippen molar-refractivity contribution in [1.29, 1.82) is 0 Å². The summed E-state index contributed by atoms with van der Waals surface area (Å²) in [6.07, 6.45) is 2.38. The number of carboxylic acid groups (broad SMARTS) is 1. The molecule has 0 aromatic carbocycles. The standard InChI is InChI=1S/C10H12N2O2S/c1-12-5-10(2-3-10)11-6-4-7(9(13)14)15-8(6)12/h4,11H,2-3,5H2,1H3,(H,13,14). The van der Waals surface area contributed by atoms with Gasteiger partial charge in [0.15, 0.2) is 0 Å². The van der Waals surface area contributed by atoms with Gasteiger partial charge in [0, 0.05) is 13.6 Å². The summed E-state index contributed by atoms with van der Waals surface area (Å²) in [5, 5.41) is 13.4. The zero-order valence-electron chi connectivity index (χ0n) is 8.41. The topological polar surface area (TPSA) is 52.6 Å². The average Bonchev–Trinajstić information content (AvgIpc) is 2.76. The lowest BCUT2D eigenvalue weighted by Crippen LogP contribution is -2.40. The lowest BCUT2D eigenvalue weighted by atomic mass is 10.2. The van der Waals surface area contributed by atoms with Crippen LogP contribution in [0, 0.1) is 0 Å². The maximum absolute atomic E-state index is 10.9. The van der Waals surface area contributed by atoms with Crippen LogP contribution in [-0.2, 0) is 0 Å². The molecule has 2 aliphatic rings. The van der Waals surface area contributed by atoms with Gasteiger partial charge in [-0.05, 0) is 18.9 Å². The number of rotatable bonds is 1. The summed E-state index contributed by atoms with van der Waals surface area (Å²) in [6.45, 7) is 0.986. The van der Waals surface area contributed by atoms with Crippen LogP contribution in [0.1, 0.15) is 22.5 Å². The molecule has 1 aliphatic heterocycles. The molecule has 3 rings (SSSR count). The quantitative estimate of drug-likeness (QED) is 0.764. The number of nitrogens with one attached hydrogen (secondary N) is 1. The van der Waals surface area contributed by atoms with Crippen LogP contribution in [0.5, 0.6) is 0 Å². The zero-order valence-corrected chi connectivity index (χ0v) is 9.23. The number of carboxylic acids is 1. The molecule has 5 heteroatoms. The highest BCUT2D eigenvalue weighted by molar-refractivity contribution is 7.18. The number of hydrogen-bond donors (Lipinski definition) is 2. The van der Waals surface area contributed by atoms with E-state index in [2.05, 4.69) is 10.2 Å². The Morgan fingerprint density at radius 3 is 3.00 bits per heavy atom. The van der Waals surface area contributed by atoms with Crippen LogP contribution >= 0.6 is 11.3 Å². The van der Waals surface area contributed by atoms with Crippen LogP contribution in [0.3, 0.4) is 0 Å². The predicted octanol–water partition coefficient (Wildman–Crippen LogP) is 1.84. The van der Waals surface area contributed by atoms with Gasteiger partial charge in [-0.15, -0.1) is 11.3 Å². The number of nitrogens with zero attached hydrogens (tertiary/aromatic N) is 1. The first-order valence-electron chi connectivity index (χ1n) is 4.96. The van der Waals surface area contributed by atoms with Crippen molar-refractivity contribution in [2.45, 2.75) is 18.4 Å². The van der Waals surface area contributed by atoms with Crippen molar-refractivity contribution in [3.05, 3.63) is 10.9 Å². The minimum Gasteiger partial charge on any atom is -0.477 e. The van der Waals surface area contributed by atoms with Gasteiger partial charge in [-0.2, -0.15) is 0 Å². The van der Waals surface area contributed by atoms with E-state index in [9.17, 15) is 4.79 Å². The highest BCUT2D eigenvalue weighted by Gasteiger charge is 2.47. The average molecular weight is 224 g/mol. The molecular weight excluding hydrogens is 212 g/mol. The normalized spacial score (nSPS) is 21.0. The number of hydrogen-bond acceptors (Lipinski definition) is 4. The summed E-state index contributed by atoms with van der Waals surface area (Å²) in [4.78, 5) is 13.4. The summed E-state index contributed by atoms with van der Waals surface area (Å²) in [6, 6.07) is 1.75. The fourth-order valence-corrected chi connectivity index (χ4v) is 3.06. The number of anilines is 2. The Kier molecular flexibility index (Phi) is 1.60. The van der Waals surface area contributed by atoms with Gasteiger partial charge in [-0.1, -0.05) is 0 Å². The van der Waals surface area contributed by atoms with Crippen molar-refractivity contribution in [3.8, 4) is 0 Å². The molecule has 0 amide bonds. The fraction of sp³-hybridized carbons (Fsp3) is 0.500. The Labute approximate surface area is 91.5 Å². The van der Waals surface area contributed by atoms with Crippen LogP contribution in [0.25, 0.3) is 0 Å². The first-order chi connectivity index (χ1) is 7.10. The van der Waals surface area contributed by atoms with Gasteiger partial charge in [0.2, 0.25) is 0 Å². The van der Waals surface area contributed by atoms with E-state index in [-0.39, 0.29) is 5.54 Å². The molecule has 1 fully saturated rings. The molecule has 1 saturated carbocycles. The largest absolute Gasteiger partial charge is 0.477 e. The van der Waals surface area contributed by atoms with E-state index in [4.69, 9.17) is 5.11 Å². The van der Waals surface area contributed by atoms with Gasteiger partial charge in [0.05, 0.1) is 11.2 Å². The molecule has 2 heterocycles. The van der Waals surface area contributed by atoms with Crippen molar-refractivity contribution >= 4 is 28.0 Å². The molecule has 1 aliphatic carbocycles. The van der Waals surface area contributed by atoms with E-state index < -0.39 is 5.97 Å². The summed E-state index contributed by atoms with van der Waals surface area (Å²) in [7, 11) is 2.03. The second kappa shape index (κ2) is 2.66. The van der Waals surface area contributed by atoms with Crippen molar-refractivity contribution in [2.75, 3.05) is 23.8 Å². The molecule has 1 aromatic rings. The third-order valence-corrected chi connectivity index (χ3v) is 4.30. The van der Waals surface area contributed by atoms with Gasteiger partial charge >= 0.3 is 5.97 Å². The number of likely N-dealkylation sites (N-methyl/N-ethyl adjacent to an activating group) is 1. The highest BCUT2D eigenvalue weighted by atomic mass is 32.1. The van der Waals surface area contributed by atoms with Gasteiger partial charge in [-0.3, -0.25) is 0 Å². The molecule has 0 unspecified atom stereocenters. The first kappa shape index (κ1) is 9.03. The van der Waals surface area contributed by atoms with E-state index in [0.29, 0.717) is 4.88 Å². The molecule has 0 saturated heterocycles. The van der Waals surface area contributed by atoms with Crippen molar-refractivity contribution in [1.82, 2.24) is 0 Å². The Morgan fingerprint density at radius 2 is 2.40 bits per heavy atom. The Bertz CT molecular complexity index is 437. The van der Waals surface area contributed by atoms with E-state index in [0.717, 1.165) is 17.2 Å². The molecule has 2 N–H and O–H groups in total. The third-order valence-electron chi connectivity index (χ3n) is 3.06. The second-order valence-corrected chi connectivity index (χ2v) is 5.43. The molecule has 15 heavy (non-hydrogen) atoms. The van der Waals surface area contributed by atoms with Crippen molar-refractivity contribution < 1.29 is 9.90 Å². The molecule has 1 aromatic heterocycles. The molecular formula is C10H12N2O2S. The van der Waals surface area contributed by atoms with E-state index in [1.165, 1.54) is 24.2 Å². The van der Waals surface area contributed by atoms with Gasteiger partial charge in [0.25, 0.3) is 0 Å². The van der Waals surface area contributed by atoms with E-state index >= 15 is 0 Å². The van der Waals surface area contributed by atoms with E-state index in [1.54, 1.807) is 6.07 Å². The third kappa shape index (κ3) is 1.30.